The molecule has 1 atom stereocenters. The van der Waals surface area contributed by atoms with E-state index in [4.69, 9.17) is 4.42 Å². The minimum Gasteiger partial charge on any atom is -0.460 e. The van der Waals surface area contributed by atoms with E-state index >= 15 is 0 Å². The van der Waals surface area contributed by atoms with Crippen LogP contribution in [0.2, 0.25) is 0 Å². The van der Waals surface area contributed by atoms with Crippen molar-refractivity contribution in [2.75, 3.05) is 5.32 Å². The highest BCUT2D eigenvalue weighted by molar-refractivity contribution is 6.01. The lowest BCUT2D eigenvalue weighted by molar-refractivity contribution is -0.384. The van der Waals surface area contributed by atoms with Gasteiger partial charge in [-0.3, -0.25) is 29.7 Å². The molecule has 3 aromatic rings. The number of para-hydroxylation sites is 1. The van der Waals surface area contributed by atoms with Crippen LogP contribution in [0.4, 0.5) is 11.5 Å². The lowest BCUT2D eigenvalue weighted by atomic mass is 9.70. The number of carbonyl (C=O) groups excluding carboxylic acids is 1. The van der Waals surface area contributed by atoms with Gasteiger partial charge in [0.05, 0.1) is 22.0 Å². The summed E-state index contributed by atoms with van der Waals surface area (Å²) < 4.78 is 6.03. The topological polar surface area (TPSA) is 151 Å². The molecule has 3 heterocycles. The number of anilines is 1. The molecule has 0 bridgehead atoms. The number of aromatic amines is 2. The number of nitrogens with zero attached hydrogens (tertiary/aromatic N) is 1. The highest BCUT2D eigenvalue weighted by Gasteiger charge is 2.43. The van der Waals surface area contributed by atoms with Crippen molar-refractivity contribution >= 4 is 17.3 Å². The van der Waals surface area contributed by atoms with Crippen molar-refractivity contribution < 1.29 is 14.1 Å². The maximum Gasteiger partial charge on any atom is 0.327 e. The molecule has 1 aliphatic heterocycles. The van der Waals surface area contributed by atoms with E-state index in [0.717, 1.165) is 0 Å². The van der Waals surface area contributed by atoms with E-state index in [-0.39, 0.29) is 45.4 Å². The third kappa shape index (κ3) is 3.39. The van der Waals surface area contributed by atoms with E-state index in [1.54, 1.807) is 30.3 Å². The van der Waals surface area contributed by atoms with Gasteiger partial charge in [-0.15, -0.1) is 0 Å². The van der Waals surface area contributed by atoms with Crippen molar-refractivity contribution in [3.05, 3.63) is 89.9 Å². The Morgan fingerprint density at radius 3 is 2.58 bits per heavy atom. The van der Waals surface area contributed by atoms with Crippen LogP contribution in [0.15, 0.2) is 61.7 Å². The van der Waals surface area contributed by atoms with Crippen LogP contribution >= 0.6 is 0 Å². The molecule has 0 saturated carbocycles. The number of ketones is 1. The summed E-state index contributed by atoms with van der Waals surface area (Å²) in [6.07, 6.45) is 0.828. The molecule has 1 aliphatic carbocycles. The zero-order valence-electron chi connectivity index (χ0n) is 17.9. The Bertz CT molecular complexity index is 1470. The fourth-order valence-electron chi connectivity index (χ4n) is 4.72. The minimum atomic E-state index is -0.864. The van der Waals surface area contributed by atoms with E-state index in [0.29, 0.717) is 24.1 Å². The Hall–Kier alpha value is -4.21. The molecule has 10 nitrogen and oxygen atoms in total. The van der Waals surface area contributed by atoms with Crippen LogP contribution in [0.1, 0.15) is 43.9 Å². The summed E-state index contributed by atoms with van der Waals surface area (Å²) >= 11 is 0. The SMILES string of the molecule is CC1(C)CC(=O)C2=C(C1)Nc1[nH]c(=O)[nH]c(=O)c1C2c1ccc(-c2ccccc2[N+](=O)[O-])o1. The van der Waals surface area contributed by atoms with E-state index in [2.05, 4.69) is 15.3 Å². The van der Waals surface area contributed by atoms with Crippen LogP contribution in [0.25, 0.3) is 11.3 Å². The molecule has 1 unspecified atom stereocenters. The summed E-state index contributed by atoms with van der Waals surface area (Å²) in [6, 6.07) is 9.35. The lowest BCUT2D eigenvalue weighted by Crippen LogP contribution is -2.38. The van der Waals surface area contributed by atoms with E-state index in [1.165, 1.54) is 6.07 Å². The van der Waals surface area contributed by atoms with E-state index < -0.39 is 22.1 Å². The largest absolute Gasteiger partial charge is 0.460 e. The quantitative estimate of drug-likeness (QED) is 0.410. The predicted molar refractivity (Wildman–Crippen MR) is 119 cm³/mol. The van der Waals surface area contributed by atoms with Gasteiger partial charge in [-0.05, 0) is 30.0 Å². The number of Topliss-reactive ketones (excluding diaryl/α,β-unsaturated/α-hetero) is 1. The Labute approximate surface area is 186 Å². The number of nitrogens with one attached hydrogen (secondary N) is 3. The monoisotopic (exact) mass is 448 g/mol. The number of nitro groups is 1. The first-order valence-corrected chi connectivity index (χ1v) is 10.4. The number of allylic oxidation sites excluding steroid dienone is 2. The zero-order chi connectivity index (χ0) is 23.5. The molecule has 0 fully saturated rings. The van der Waals surface area contributed by atoms with Crippen LogP contribution in [0.5, 0.6) is 0 Å². The number of hydrogen-bond acceptors (Lipinski definition) is 7. The van der Waals surface area contributed by atoms with Gasteiger partial charge in [0, 0.05) is 23.8 Å². The third-order valence-corrected chi connectivity index (χ3v) is 6.03. The number of benzene rings is 1. The molecular weight excluding hydrogens is 428 g/mol. The standard InChI is InChI=1S/C23H20N4O6/c1-23(2)9-12-17(14(28)10-23)18(19-20(24-12)25-22(30)26-21(19)29)16-8-7-15(33-16)11-5-3-4-6-13(11)27(31)32/h3-8,18H,9-10H2,1-2H3,(H3,24,25,26,29,30). The Morgan fingerprint density at radius 1 is 1.06 bits per heavy atom. The second-order valence-corrected chi connectivity index (χ2v) is 9.06. The Balaban J connectivity index is 1.71. The molecular formula is C23H20N4O6. The highest BCUT2D eigenvalue weighted by atomic mass is 16.6. The summed E-state index contributed by atoms with van der Waals surface area (Å²) in [5, 5.41) is 14.5. The van der Waals surface area contributed by atoms with Gasteiger partial charge in [0.1, 0.15) is 17.3 Å². The summed E-state index contributed by atoms with van der Waals surface area (Å²) in [4.78, 5) is 53.7. The van der Waals surface area contributed by atoms with Gasteiger partial charge in [-0.25, -0.2) is 4.79 Å². The normalized spacial score (nSPS) is 19.0. The maximum atomic E-state index is 13.2. The van der Waals surface area contributed by atoms with Gasteiger partial charge < -0.3 is 9.73 Å². The molecule has 2 aromatic heterocycles. The first kappa shape index (κ1) is 20.7. The third-order valence-electron chi connectivity index (χ3n) is 6.03. The van der Waals surface area contributed by atoms with Gasteiger partial charge in [-0.2, -0.15) is 0 Å². The number of H-pyrrole nitrogens is 2. The average Bonchev–Trinajstić information content (AvgIpc) is 3.20. The maximum absolute atomic E-state index is 13.2. The summed E-state index contributed by atoms with van der Waals surface area (Å²) in [6.45, 7) is 3.95. The number of rotatable bonds is 3. The summed E-state index contributed by atoms with van der Waals surface area (Å²) in [5.41, 5.74) is -0.267. The lowest BCUT2D eigenvalue weighted by Gasteiger charge is -2.37. The van der Waals surface area contributed by atoms with Crippen molar-refractivity contribution in [1.29, 1.82) is 0 Å². The van der Waals surface area contributed by atoms with Crippen LogP contribution in [0.3, 0.4) is 0 Å². The van der Waals surface area contributed by atoms with Crippen molar-refractivity contribution in [2.24, 2.45) is 5.41 Å². The second-order valence-electron chi connectivity index (χ2n) is 9.06. The molecule has 10 heteroatoms. The molecule has 3 N–H and O–H groups in total. The molecule has 0 saturated heterocycles. The van der Waals surface area contributed by atoms with Crippen LogP contribution in [-0.2, 0) is 4.79 Å². The number of carbonyl (C=O) groups is 1. The average molecular weight is 448 g/mol. The fourth-order valence-corrected chi connectivity index (χ4v) is 4.72. The number of furan rings is 1. The first-order chi connectivity index (χ1) is 15.6. The second kappa shape index (κ2) is 7.16. The summed E-state index contributed by atoms with van der Waals surface area (Å²) in [5.74, 6) is -0.259. The van der Waals surface area contributed by atoms with Crippen molar-refractivity contribution in [2.45, 2.75) is 32.6 Å². The molecule has 1 aromatic carbocycles. The molecule has 0 spiro atoms. The number of hydrogen-bond donors (Lipinski definition) is 3. The van der Waals surface area contributed by atoms with Crippen LogP contribution in [0, 0.1) is 15.5 Å². The zero-order valence-corrected chi connectivity index (χ0v) is 17.9. The number of aromatic nitrogens is 2. The first-order valence-electron chi connectivity index (χ1n) is 10.4. The number of nitro benzene ring substituents is 1. The van der Waals surface area contributed by atoms with Gasteiger partial charge >= 0.3 is 5.69 Å². The predicted octanol–water partition coefficient (Wildman–Crippen LogP) is 3.43. The van der Waals surface area contributed by atoms with Crippen molar-refractivity contribution in [3.63, 3.8) is 0 Å². The van der Waals surface area contributed by atoms with Crippen LogP contribution in [-0.4, -0.2) is 20.7 Å². The van der Waals surface area contributed by atoms with Gasteiger partial charge in [0.25, 0.3) is 11.2 Å². The molecule has 168 valence electrons. The molecule has 5 rings (SSSR count). The Kier molecular flexibility index (Phi) is 4.48. The molecule has 0 radical (unpaired) electrons. The summed E-state index contributed by atoms with van der Waals surface area (Å²) in [7, 11) is 0. The Morgan fingerprint density at radius 2 is 1.82 bits per heavy atom. The van der Waals surface area contributed by atoms with Gasteiger partial charge in [-0.1, -0.05) is 26.0 Å². The molecule has 33 heavy (non-hydrogen) atoms. The minimum absolute atomic E-state index is 0.123. The molecule has 2 aliphatic rings. The van der Waals surface area contributed by atoms with Gasteiger partial charge in [0.2, 0.25) is 0 Å². The van der Waals surface area contributed by atoms with E-state index in [1.807, 2.05) is 13.8 Å². The molecule has 0 amide bonds. The van der Waals surface area contributed by atoms with Crippen molar-refractivity contribution in [1.82, 2.24) is 9.97 Å². The fraction of sp³-hybridized carbons (Fsp3) is 0.261. The van der Waals surface area contributed by atoms with Gasteiger partial charge in [0.15, 0.2) is 5.78 Å². The van der Waals surface area contributed by atoms with Crippen molar-refractivity contribution in [3.8, 4) is 11.3 Å². The van der Waals surface area contributed by atoms with E-state index in [9.17, 15) is 24.5 Å². The highest BCUT2D eigenvalue weighted by Crippen LogP contribution is 2.48. The smallest absolute Gasteiger partial charge is 0.327 e. The van der Waals surface area contributed by atoms with Crippen LogP contribution < -0.4 is 16.6 Å². The number of fused-ring (bicyclic) bond motifs is 1.